The summed E-state index contributed by atoms with van der Waals surface area (Å²) in [5, 5.41) is 0.805. The molecule has 0 bridgehead atoms. The van der Waals surface area contributed by atoms with E-state index >= 15 is 0 Å². The van der Waals surface area contributed by atoms with Crippen molar-refractivity contribution in [1.29, 1.82) is 0 Å². The van der Waals surface area contributed by atoms with E-state index in [0.717, 1.165) is 26.1 Å². The van der Waals surface area contributed by atoms with Crippen LogP contribution >= 0.6 is 25.3 Å². The molecule has 0 spiro atoms. The zero-order chi connectivity index (χ0) is 21.8. The fraction of sp³-hybridized carbons (Fsp3) is 1.00. The third-order valence-electron chi connectivity index (χ3n) is 5.62. The van der Waals surface area contributed by atoms with Crippen molar-refractivity contribution in [2.24, 2.45) is 0 Å². The van der Waals surface area contributed by atoms with Crippen LogP contribution < -0.4 is 0 Å². The van der Waals surface area contributed by atoms with E-state index in [1.807, 2.05) is 0 Å². The molecule has 5 heteroatoms. The van der Waals surface area contributed by atoms with Gasteiger partial charge in [0, 0.05) is 0 Å². The summed E-state index contributed by atoms with van der Waals surface area (Å²) in [7, 11) is 0. The quantitative estimate of drug-likeness (QED) is 0.0792. The van der Waals surface area contributed by atoms with Crippen LogP contribution in [0.3, 0.4) is 0 Å². The van der Waals surface area contributed by atoms with Gasteiger partial charge in [-0.05, 0) is 0 Å². The molecule has 0 aliphatic rings. The van der Waals surface area contributed by atoms with E-state index in [2.05, 4.69) is 53.0 Å². The van der Waals surface area contributed by atoms with Gasteiger partial charge in [-0.25, -0.2) is 0 Å². The summed E-state index contributed by atoms with van der Waals surface area (Å²) in [5.41, 5.74) is 0. The Morgan fingerprint density at radius 1 is 0.586 bits per heavy atom. The van der Waals surface area contributed by atoms with Gasteiger partial charge in [0.1, 0.15) is 0 Å². The Kier molecular flexibility index (Phi) is 22.3. The maximum atomic E-state index is 6.69. The fourth-order valence-corrected chi connectivity index (χ4v) is 13.7. The van der Waals surface area contributed by atoms with Crippen molar-refractivity contribution < 1.29 is 6.15 Å². The SMILES string of the molecule is CCCCCCC[CH2][Sn]([CH2]CCCCCCC)([O]CCC(C)S)[O]CCC(C)S. The molecule has 0 aromatic rings. The molecule has 2 unspecified atom stereocenters. The van der Waals surface area contributed by atoms with Crippen molar-refractivity contribution in [3.8, 4) is 0 Å². The van der Waals surface area contributed by atoms with Crippen molar-refractivity contribution in [2.45, 2.75) is 137 Å². The molecule has 29 heavy (non-hydrogen) atoms. The van der Waals surface area contributed by atoms with Crippen LogP contribution in [0.4, 0.5) is 0 Å². The number of hydrogen-bond donors (Lipinski definition) is 2. The van der Waals surface area contributed by atoms with Crippen molar-refractivity contribution in [2.75, 3.05) is 13.2 Å². The Balaban J connectivity index is 4.72. The Bertz CT molecular complexity index is 309. The first kappa shape index (κ1) is 30.4. The average Bonchev–Trinajstić information content (AvgIpc) is 2.66. The first-order valence-corrected chi connectivity index (χ1v) is 20.0. The number of hydrogen-bond acceptors (Lipinski definition) is 4. The van der Waals surface area contributed by atoms with Gasteiger partial charge in [-0.3, -0.25) is 0 Å². The second-order valence-electron chi connectivity index (χ2n) is 8.92. The van der Waals surface area contributed by atoms with Crippen LogP contribution in [-0.4, -0.2) is 42.9 Å². The Morgan fingerprint density at radius 3 is 1.28 bits per heavy atom. The molecule has 0 aliphatic heterocycles. The molecule has 0 aliphatic carbocycles. The maximum absolute atomic E-state index is 6.69. The van der Waals surface area contributed by atoms with Gasteiger partial charge < -0.3 is 0 Å². The molecule has 2 nitrogen and oxygen atoms in total. The fourth-order valence-electron chi connectivity index (χ4n) is 3.64. The molecule has 0 heterocycles. The van der Waals surface area contributed by atoms with Crippen LogP contribution in [0, 0.1) is 0 Å². The van der Waals surface area contributed by atoms with Crippen molar-refractivity contribution in [3.05, 3.63) is 0 Å². The molecule has 0 amide bonds. The van der Waals surface area contributed by atoms with Gasteiger partial charge in [-0.1, -0.05) is 0 Å². The van der Waals surface area contributed by atoms with E-state index in [0.29, 0.717) is 10.5 Å². The molecule has 0 aromatic carbocycles. The molecule has 2 atom stereocenters. The summed E-state index contributed by atoms with van der Waals surface area (Å²) in [6.45, 7) is 10.6. The van der Waals surface area contributed by atoms with Crippen molar-refractivity contribution >= 4 is 44.5 Å². The summed E-state index contributed by atoms with van der Waals surface area (Å²) in [4.78, 5) is 0. The van der Waals surface area contributed by atoms with Gasteiger partial charge >= 0.3 is 201 Å². The Morgan fingerprint density at radius 2 is 0.931 bits per heavy atom. The second-order valence-corrected chi connectivity index (χ2v) is 20.4. The van der Waals surface area contributed by atoms with Crippen LogP contribution in [0.1, 0.15) is 118 Å². The van der Waals surface area contributed by atoms with Gasteiger partial charge in [0.15, 0.2) is 0 Å². The van der Waals surface area contributed by atoms with E-state index in [-0.39, 0.29) is 0 Å². The van der Waals surface area contributed by atoms with Gasteiger partial charge in [0.2, 0.25) is 0 Å². The molecule has 0 N–H and O–H groups in total. The molecule has 176 valence electrons. The van der Waals surface area contributed by atoms with E-state index in [1.54, 1.807) is 0 Å². The van der Waals surface area contributed by atoms with E-state index < -0.39 is 19.2 Å². The molecule has 0 rings (SSSR count). The summed E-state index contributed by atoms with van der Waals surface area (Å²) in [6.07, 6.45) is 18.2. The predicted molar refractivity (Wildman–Crippen MR) is 140 cm³/mol. The van der Waals surface area contributed by atoms with Gasteiger partial charge in [-0.2, -0.15) is 0 Å². The summed E-state index contributed by atoms with van der Waals surface area (Å²) >= 11 is 6.09. The molecule has 0 aromatic heterocycles. The van der Waals surface area contributed by atoms with Crippen LogP contribution in [0.25, 0.3) is 0 Å². The Hall–Kier alpha value is 1.42. The Labute approximate surface area is 199 Å². The van der Waals surface area contributed by atoms with Crippen LogP contribution in [-0.2, 0) is 6.15 Å². The second kappa shape index (κ2) is 21.3. The van der Waals surface area contributed by atoms with Crippen molar-refractivity contribution in [3.63, 3.8) is 0 Å². The zero-order valence-electron chi connectivity index (χ0n) is 20.1. The normalized spacial score (nSPS) is 14.3. The summed E-state index contributed by atoms with van der Waals surface area (Å²) in [6, 6.07) is 0. The minimum absolute atomic E-state index is 0.402. The van der Waals surface area contributed by atoms with Gasteiger partial charge in [0.25, 0.3) is 0 Å². The first-order chi connectivity index (χ1) is 14.0. The molecular weight excluding hydrogens is 503 g/mol. The first-order valence-electron chi connectivity index (χ1n) is 12.6. The monoisotopic (exact) mass is 556 g/mol. The molecule has 0 saturated carbocycles. The van der Waals surface area contributed by atoms with E-state index in [1.165, 1.54) is 85.9 Å². The van der Waals surface area contributed by atoms with E-state index in [4.69, 9.17) is 6.15 Å². The van der Waals surface area contributed by atoms with Gasteiger partial charge in [-0.15, -0.1) is 0 Å². The molecule has 0 radical (unpaired) electrons. The van der Waals surface area contributed by atoms with Crippen LogP contribution in [0.2, 0.25) is 8.87 Å². The van der Waals surface area contributed by atoms with Crippen LogP contribution in [0.15, 0.2) is 0 Å². The molecule has 0 saturated heterocycles. The van der Waals surface area contributed by atoms with Crippen molar-refractivity contribution in [1.82, 2.24) is 0 Å². The number of unbranched alkanes of at least 4 members (excludes halogenated alkanes) is 10. The summed E-state index contributed by atoms with van der Waals surface area (Å²) in [5.74, 6) is 0. The summed E-state index contributed by atoms with van der Waals surface area (Å²) < 4.78 is 15.9. The molecular formula is C24H52O2S2Sn. The predicted octanol–water partition coefficient (Wildman–Crippen LogP) is 8.60. The average molecular weight is 556 g/mol. The van der Waals surface area contributed by atoms with E-state index in [9.17, 15) is 0 Å². The minimum atomic E-state index is -3.02. The number of thiol groups is 2. The standard InChI is InChI=1S/2C8H17.2C4H9OS.Sn/c2*1-3-5-7-8-6-4-2;2*1-4(6)2-3-5;/h2*1,3-8H2,2H3;2*4,6H,2-3H2,1H3;/q;;2*-1;+2. The third-order valence-corrected chi connectivity index (χ3v) is 16.7. The number of rotatable bonds is 22. The zero-order valence-corrected chi connectivity index (χ0v) is 24.7. The van der Waals surface area contributed by atoms with Gasteiger partial charge in [0.05, 0.1) is 0 Å². The topological polar surface area (TPSA) is 18.5 Å². The molecule has 0 fully saturated rings. The van der Waals surface area contributed by atoms with Crippen LogP contribution in [0.5, 0.6) is 0 Å². The third kappa shape index (κ3) is 19.8.